The van der Waals surface area contributed by atoms with Crippen molar-refractivity contribution in [1.82, 2.24) is 5.32 Å². The molecule has 5 heteroatoms. The molecule has 0 atom stereocenters. The number of nitrogens with one attached hydrogen (secondary N) is 1. The summed E-state index contributed by atoms with van der Waals surface area (Å²) in [7, 11) is 0. The number of amides is 1. The summed E-state index contributed by atoms with van der Waals surface area (Å²) in [5.74, 6) is -0.385. The van der Waals surface area contributed by atoms with Crippen molar-refractivity contribution in [1.29, 1.82) is 0 Å². The average molecular weight is 229 g/mol. The first-order chi connectivity index (χ1) is 7.57. The number of carbonyl (C=O) groups is 2. The van der Waals surface area contributed by atoms with Crippen LogP contribution in [0.4, 0.5) is 4.79 Å². The topological polar surface area (TPSA) is 64.6 Å². The van der Waals surface area contributed by atoms with E-state index in [1.807, 2.05) is 6.92 Å². The van der Waals surface area contributed by atoms with E-state index in [2.05, 4.69) is 11.9 Å². The van der Waals surface area contributed by atoms with Gasteiger partial charge in [0.1, 0.15) is 0 Å². The maximum absolute atomic E-state index is 11.0. The Morgan fingerprint density at radius 1 is 1.19 bits per heavy atom. The Morgan fingerprint density at radius 2 is 1.75 bits per heavy atom. The second kappa shape index (κ2) is 8.76. The molecule has 0 bridgehead atoms. The van der Waals surface area contributed by atoms with Crippen molar-refractivity contribution < 1.29 is 19.1 Å². The van der Waals surface area contributed by atoms with E-state index in [4.69, 9.17) is 9.47 Å². The van der Waals surface area contributed by atoms with E-state index in [9.17, 15) is 9.59 Å². The minimum atomic E-state index is -0.415. The van der Waals surface area contributed by atoms with Crippen molar-refractivity contribution in [2.45, 2.75) is 26.7 Å². The van der Waals surface area contributed by atoms with E-state index in [1.54, 1.807) is 6.92 Å². The van der Waals surface area contributed by atoms with Gasteiger partial charge in [-0.3, -0.25) is 0 Å². The number of rotatable bonds is 7. The first kappa shape index (κ1) is 14.5. The smallest absolute Gasteiger partial charge is 0.407 e. The second-order valence-corrected chi connectivity index (χ2v) is 3.29. The molecule has 0 radical (unpaired) electrons. The molecule has 5 nitrogen and oxygen atoms in total. The standard InChI is InChI=1S/C11H19NO4/c1-4-12-11(14)16-8-6-5-7-15-10(13)9(2)3/h2,4-8H2,1,3H3,(H,12,14). The van der Waals surface area contributed by atoms with Gasteiger partial charge in [-0.05, 0) is 26.7 Å². The summed E-state index contributed by atoms with van der Waals surface area (Å²) >= 11 is 0. The molecule has 92 valence electrons. The van der Waals surface area contributed by atoms with E-state index in [0.717, 1.165) is 0 Å². The van der Waals surface area contributed by atoms with Crippen LogP contribution in [0.15, 0.2) is 12.2 Å². The Bertz CT molecular complexity index is 250. The summed E-state index contributed by atoms with van der Waals surface area (Å²) in [5.41, 5.74) is 0.388. The summed E-state index contributed by atoms with van der Waals surface area (Å²) in [5, 5.41) is 2.51. The van der Waals surface area contributed by atoms with Gasteiger partial charge in [0.15, 0.2) is 0 Å². The third-order valence-electron chi connectivity index (χ3n) is 1.67. The third-order valence-corrected chi connectivity index (χ3v) is 1.67. The molecule has 0 unspecified atom stereocenters. The molecule has 0 heterocycles. The second-order valence-electron chi connectivity index (χ2n) is 3.29. The van der Waals surface area contributed by atoms with Crippen LogP contribution in [-0.2, 0) is 14.3 Å². The molecule has 0 aliphatic carbocycles. The van der Waals surface area contributed by atoms with E-state index in [0.29, 0.717) is 38.2 Å². The van der Waals surface area contributed by atoms with Gasteiger partial charge in [0.25, 0.3) is 0 Å². The molecular weight excluding hydrogens is 210 g/mol. The van der Waals surface area contributed by atoms with E-state index < -0.39 is 6.09 Å². The Balaban J connectivity index is 3.31. The number of alkyl carbamates (subject to hydrolysis) is 1. The van der Waals surface area contributed by atoms with Gasteiger partial charge in [0.05, 0.1) is 13.2 Å². The highest BCUT2D eigenvalue weighted by Crippen LogP contribution is 1.96. The lowest BCUT2D eigenvalue weighted by atomic mass is 10.3. The average Bonchev–Trinajstić information content (AvgIpc) is 2.23. The maximum atomic E-state index is 11.0. The van der Waals surface area contributed by atoms with E-state index >= 15 is 0 Å². The molecule has 0 fully saturated rings. The Hall–Kier alpha value is -1.52. The van der Waals surface area contributed by atoms with Crippen LogP contribution in [0.5, 0.6) is 0 Å². The zero-order chi connectivity index (χ0) is 12.4. The van der Waals surface area contributed by atoms with Crippen molar-refractivity contribution >= 4 is 12.1 Å². The van der Waals surface area contributed by atoms with Crippen LogP contribution in [0.1, 0.15) is 26.7 Å². The van der Waals surface area contributed by atoms with Crippen LogP contribution < -0.4 is 5.32 Å². The summed E-state index contributed by atoms with van der Waals surface area (Å²) in [6, 6.07) is 0. The fourth-order valence-corrected chi connectivity index (χ4v) is 0.852. The SMILES string of the molecule is C=C(C)C(=O)OCCCCOC(=O)NCC. The van der Waals surface area contributed by atoms with Crippen LogP contribution >= 0.6 is 0 Å². The van der Waals surface area contributed by atoms with Crippen molar-refractivity contribution in [3.8, 4) is 0 Å². The highest BCUT2D eigenvalue weighted by molar-refractivity contribution is 5.86. The van der Waals surface area contributed by atoms with Gasteiger partial charge >= 0.3 is 12.1 Å². The quantitative estimate of drug-likeness (QED) is 0.409. The van der Waals surface area contributed by atoms with Crippen molar-refractivity contribution in [2.75, 3.05) is 19.8 Å². The minimum absolute atomic E-state index is 0.324. The molecule has 16 heavy (non-hydrogen) atoms. The van der Waals surface area contributed by atoms with Crippen LogP contribution in [0.2, 0.25) is 0 Å². The minimum Gasteiger partial charge on any atom is -0.462 e. The first-order valence-electron chi connectivity index (χ1n) is 5.31. The molecule has 0 aliphatic heterocycles. The van der Waals surface area contributed by atoms with Gasteiger partial charge in [-0.25, -0.2) is 9.59 Å². The van der Waals surface area contributed by atoms with Gasteiger partial charge < -0.3 is 14.8 Å². The highest BCUT2D eigenvalue weighted by atomic mass is 16.5. The van der Waals surface area contributed by atoms with E-state index in [-0.39, 0.29) is 5.97 Å². The lowest BCUT2D eigenvalue weighted by Gasteiger charge is -2.06. The lowest BCUT2D eigenvalue weighted by molar-refractivity contribution is -0.139. The number of ether oxygens (including phenoxy) is 2. The van der Waals surface area contributed by atoms with Gasteiger partial charge in [-0.2, -0.15) is 0 Å². The zero-order valence-electron chi connectivity index (χ0n) is 9.88. The van der Waals surface area contributed by atoms with Gasteiger partial charge in [0.2, 0.25) is 0 Å². The summed E-state index contributed by atoms with van der Waals surface area (Å²) in [6.07, 6.45) is 0.917. The molecule has 0 aromatic carbocycles. The molecule has 1 amide bonds. The van der Waals surface area contributed by atoms with Crippen LogP contribution in [0, 0.1) is 0 Å². The largest absolute Gasteiger partial charge is 0.462 e. The highest BCUT2D eigenvalue weighted by Gasteiger charge is 2.02. The van der Waals surface area contributed by atoms with Gasteiger partial charge in [-0.1, -0.05) is 6.58 Å². The normalized spacial score (nSPS) is 9.38. The summed E-state index contributed by atoms with van der Waals surface area (Å²) in [4.78, 5) is 21.8. The van der Waals surface area contributed by atoms with Gasteiger partial charge in [0, 0.05) is 12.1 Å². The Morgan fingerprint density at radius 3 is 2.25 bits per heavy atom. The maximum Gasteiger partial charge on any atom is 0.407 e. The molecule has 0 aromatic heterocycles. The molecule has 0 aliphatic rings. The van der Waals surface area contributed by atoms with Gasteiger partial charge in [-0.15, -0.1) is 0 Å². The molecule has 0 rings (SSSR count). The fraction of sp³-hybridized carbons (Fsp3) is 0.636. The molecule has 0 aromatic rings. The first-order valence-corrected chi connectivity index (χ1v) is 5.31. The van der Waals surface area contributed by atoms with Crippen molar-refractivity contribution in [3.63, 3.8) is 0 Å². The fourth-order valence-electron chi connectivity index (χ4n) is 0.852. The monoisotopic (exact) mass is 229 g/mol. The number of unbranched alkanes of at least 4 members (excludes halogenated alkanes) is 1. The van der Waals surface area contributed by atoms with Crippen LogP contribution in [0.25, 0.3) is 0 Å². The predicted octanol–water partition coefficient (Wildman–Crippen LogP) is 1.63. The molecule has 0 saturated heterocycles. The summed E-state index contributed by atoms with van der Waals surface area (Å²) in [6.45, 7) is 8.08. The number of carbonyl (C=O) groups excluding carboxylic acids is 2. The molecule has 0 spiro atoms. The Labute approximate surface area is 95.8 Å². The van der Waals surface area contributed by atoms with Crippen LogP contribution in [0.3, 0.4) is 0 Å². The molecule has 1 N–H and O–H groups in total. The van der Waals surface area contributed by atoms with Crippen molar-refractivity contribution in [3.05, 3.63) is 12.2 Å². The number of hydrogen-bond donors (Lipinski definition) is 1. The van der Waals surface area contributed by atoms with Crippen molar-refractivity contribution in [2.24, 2.45) is 0 Å². The van der Waals surface area contributed by atoms with Crippen LogP contribution in [-0.4, -0.2) is 31.8 Å². The lowest BCUT2D eigenvalue weighted by Crippen LogP contribution is -2.24. The molecule has 0 saturated carbocycles. The van der Waals surface area contributed by atoms with E-state index in [1.165, 1.54) is 0 Å². The zero-order valence-corrected chi connectivity index (χ0v) is 9.88. The summed E-state index contributed by atoms with van der Waals surface area (Å²) < 4.78 is 9.69. The third kappa shape index (κ3) is 7.84. The number of hydrogen-bond acceptors (Lipinski definition) is 4. The Kier molecular flexibility index (Phi) is 7.93. The molecular formula is C11H19NO4. The number of esters is 1. The predicted molar refractivity (Wildman–Crippen MR) is 60.0 cm³/mol.